The monoisotopic (exact) mass is 311 g/mol. The number of carbonyl (C=O) groups excluding carboxylic acids is 1. The van der Waals surface area contributed by atoms with Gasteiger partial charge in [0.25, 0.3) is 0 Å². The number of nitrogens with zero attached hydrogens (tertiary/aromatic N) is 1. The Kier molecular flexibility index (Phi) is 5.51. The zero-order valence-electron chi connectivity index (χ0n) is 11.2. The third-order valence-corrected chi connectivity index (χ3v) is 4.27. The van der Waals surface area contributed by atoms with Gasteiger partial charge in [-0.15, -0.1) is 22.7 Å². The van der Waals surface area contributed by atoms with Crippen LogP contribution < -0.4 is 11.1 Å². The van der Waals surface area contributed by atoms with Crippen molar-refractivity contribution in [2.45, 2.75) is 19.9 Å². The van der Waals surface area contributed by atoms with Gasteiger partial charge in [-0.2, -0.15) is 0 Å². The highest BCUT2D eigenvalue weighted by molar-refractivity contribution is 7.15. The van der Waals surface area contributed by atoms with Gasteiger partial charge in [-0.3, -0.25) is 4.79 Å². The molecule has 7 heteroatoms. The molecule has 2 aromatic heterocycles. The first-order chi connectivity index (χ1) is 9.69. The molecule has 0 fully saturated rings. The Balaban J connectivity index is 1.82. The van der Waals surface area contributed by atoms with Crippen LogP contribution in [0.15, 0.2) is 16.8 Å². The van der Waals surface area contributed by atoms with Crippen molar-refractivity contribution in [3.8, 4) is 10.6 Å². The number of rotatable bonds is 7. The van der Waals surface area contributed by atoms with Crippen LogP contribution in [0.25, 0.3) is 10.6 Å². The fraction of sp³-hybridized carbons (Fsp3) is 0.385. The van der Waals surface area contributed by atoms with E-state index in [9.17, 15) is 4.79 Å². The van der Waals surface area contributed by atoms with Gasteiger partial charge in [0.1, 0.15) is 0 Å². The summed E-state index contributed by atoms with van der Waals surface area (Å²) in [5.74, 6) is 0.00380. The van der Waals surface area contributed by atoms with Crippen molar-refractivity contribution in [3.63, 3.8) is 0 Å². The molecule has 2 rings (SSSR count). The normalized spacial score (nSPS) is 10.7. The van der Waals surface area contributed by atoms with E-state index in [1.165, 1.54) is 11.3 Å². The number of nitrogens with two attached hydrogens (primary N) is 1. The zero-order valence-corrected chi connectivity index (χ0v) is 12.9. The Bertz CT molecular complexity index is 565. The van der Waals surface area contributed by atoms with Gasteiger partial charge in [-0.1, -0.05) is 0 Å². The number of hydrogen-bond acceptors (Lipinski definition) is 6. The van der Waals surface area contributed by atoms with Crippen molar-refractivity contribution in [1.29, 1.82) is 0 Å². The van der Waals surface area contributed by atoms with Crippen LogP contribution in [-0.2, 0) is 16.1 Å². The number of anilines is 1. The molecule has 0 aliphatic heterocycles. The van der Waals surface area contributed by atoms with E-state index in [-0.39, 0.29) is 5.91 Å². The van der Waals surface area contributed by atoms with Gasteiger partial charge in [-0.05, 0) is 23.9 Å². The van der Waals surface area contributed by atoms with E-state index < -0.39 is 0 Å². The summed E-state index contributed by atoms with van der Waals surface area (Å²) in [7, 11) is 0. The summed E-state index contributed by atoms with van der Waals surface area (Å²) in [6, 6.07) is 2.03. The van der Waals surface area contributed by atoms with Crippen LogP contribution in [0.3, 0.4) is 0 Å². The molecule has 2 heterocycles. The highest BCUT2D eigenvalue weighted by Gasteiger charge is 2.07. The summed E-state index contributed by atoms with van der Waals surface area (Å²) in [5, 5.41) is 7.40. The molecule has 0 aliphatic carbocycles. The first-order valence-electron chi connectivity index (χ1n) is 6.32. The second-order valence-corrected chi connectivity index (χ2v) is 5.91. The second-order valence-electron chi connectivity index (χ2n) is 4.11. The molecule has 1 amide bonds. The molecule has 0 saturated heterocycles. The molecule has 0 atom stereocenters. The summed E-state index contributed by atoms with van der Waals surface area (Å²) in [5.41, 5.74) is 7.59. The molecule has 0 saturated carbocycles. The number of nitrogen functional groups attached to an aromatic ring is 1. The lowest BCUT2D eigenvalue weighted by molar-refractivity contribution is -0.122. The number of carbonyl (C=O) groups is 1. The van der Waals surface area contributed by atoms with Gasteiger partial charge in [0.2, 0.25) is 5.91 Å². The Hall–Kier alpha value is -1.44. The molecule has 0 aliphatic rings. The maximum Gasteiger partial charge on any atom is 0.222 e. The van der Waals surface area contributed by atoms with Gasteiger partial charge in [-0.25, -0.2) is 4.98 Å². The van der Waals surface area contributed by atoms with Crippen molar-refractivity contribution in [3.05, 3.63) is 22.4 Å². The molecule has 2 aromatic rings. The van der Waals surface area contributed by atoms with E-state index in [2.05, 4.69) is 10.3 Å². The van der Waals surface area contributed by atoms with Crippen molar-refractivity contribution in [1.82, 2.24) is 10.3 Å². The van der Waals surface area contributed by atoms with Gasteiger partial charge >= 0.3 is 0 Å². The average molecular weight is 311 g/mol. The topological polar surface area (TPSA) is 77.2 Å². The molecule has 20 heavy (non-hydrogen) atoms. The molecule has 0 spiro atoms. The summed E-state index contributed by atoms with van der Waals surface area (Å²) >= 11 is 3.03. The number of ether oxygens (including phenoxy) is 1. The van der Waals surface area contributed by atoms with Crippen LogP contribution in [0.1, 0.15) is 18.9 Å². The quantitative estimate of drug-likeness (QED) is 0.770. The predicted molar refractivity (Wildman–Crippen MR) is 82.8 cm³/mol. The smallest absolute Gasteiger partial charge is 0.222 e. The number of hydrogen-bond donors (Lipinski definition) is 2. The van der Waals surface area contributed by atoms with Crippen LogP contribution in [0, 0.1) is 0 Å². The molecule has 0 bridgehead atoms. The van der Waals surface area contributed by atoms with E-state index in [1.807, 2.05) is 23.8 Å². The number of nitrogens with one attached hydrogen (secondary N) is 1. The Labute approximate surface area is 125 Å². The van der Waals surface area contributed by atoms with E-state index >= 15 is 0 Å². The molecule has 5 nitrogen and oxygen atoms in total. The third-order valence-electron chi connectivity index (χ3n) is 2.60. The van der Waals surface area contributed by atoms with Gasteiger partial charge in [0.15, 0.2) is 5.13 Å². The lowest BCUT2D eigenvalue weighted by Gasteiger charge is -2.03. The summed E-state index contributed by atoms with van der Waals surface area (Å²) in [4.78, 5) is 16.9. The SMILES string of the molecule is CCOCCC(=O)NCc1csc(-c2csc(N)n2)c1. The fourth-order valence-electron chi connectivity index (χ4n) is 1.60. The average Bonchev–Trinajstić information content (AvgIpc) is 3.05. The largest absolute Gasteiger partial charge is 0.381 e. The van der Waals surface area contributed by atoms with Crippen LogP contribution in [0.4, 0.5) is 5.13 Å². The van der Waals surface area contributed by atoms with Crippen molar-refractivity contribution < 1.29 is 9.53 Å². The molecule has 0 radical (unpaired) electrons. The minimum absolute atomic E-state index is 0.00380. The third kappa shape index (κ3) is 4.29. The number of thiazole rings is 1. The van der Waals surface area contributed by atoms with Crippen molar-refractivity contribution in [2.75, 3.05) is 18.9 Å². The molecular weight excluding hydrogens is 294 g/mol. The number of amides is 1. The van der Waals surface area contributed by atoms with Crippen LogP contribution in [0.2, 0.25) is 0 Å². The Morgan fingerprint density at radius 2 is 2.30 bits per heavy atom. The summed E-state index contributed by atoms with van der Waals surface area (Å²) in [6.45, 7) is 3.55. The molecule has 0 unspecified atom stereocenters. The van der Waals surface area contributed by atoms with E-state index in [0.717, 1.165) is 16.1 Å². The zero-order chi connectivity index (χ0) is 14.4. The van der Waals surface area contributed by atoms with Gasteiger partial charge in [0, 0.05) is 25.0 Å². The fourth-order valence-corrected chi connectivity index (χ4v) is 3.11. The molecular formula is C13H17N3O2S2. The number of aromatic nitrogens is 1. The first kappa shape index (κ1) is 15.0. The van der Waals surface area contributed by atoms with E-state index in [4.69, 9.17) is 10.5 Å². The highest BCUT2D eigenvalue weighted by atomic mass is 32.1. The van der Waals surface area contributed by atoms with E-state index in [0.29, 0.717) is 31.3 Å². The summed E-state index contributed by atoms with van der Waals surface area (Å²) < 4.78 is 5.14. The molecule has 108 valence electrons. The second kappa shape index (κ2) is 7.37. The minimum Gasteiger partial charge on any atom is -0.381 e. The van der Waals surface area contributed by atoms with Crippen molar-refractivity contribution >= 4 is 33.7 Å². The van der Waals surface area contributed by atoms with Gasteiger partial charge in [0.05, 0.1) is 17.2 Å². The predicted octanol–water partition coefficient (Wildman–Crippen LogP) is 2.50. The maximum absolute atomic E-state index is 11.6. The first-order valence-corrected chi connectivity index (χ1v) is 8.08. The molecule has 3 N–H and O–H groups in total. The number of thiophene rings is 1. The van der Waals surface area contributed by atoms with Crippen LogP contribution >= 0.6 is 22.7 Å². The molecule has 0 aromatic carbocycles. The standard InChI is InChI=1S/C13H17N3O2S2/c1-2-18-4-3-12(17)15-6-9-5-11(19-7-9)10-8-20-13(14)16-10/h5,7-8H,2-4,6H2,1H3,(H2,14,16)(H,15,17). The Morgan fingerprint density at radius 3 is 3.00 bits per heavy atom. The van der Waals surface area contributed by atoms with Gasteiger partial charge < -0.3 is 15.8 Å². The minimum atomic E-state index is 0.00380. The van der Waals surface area contributed by atoms with E-state index in [1.54, 1.807) is 11.3 Å². The summed E-state index contributed by atoms with van der Waals surface area (Å²) in [6.07, 6.45) is 0.396. The lowest BCUT2D eigenvalue weighted by Crippen LogP contribution is -2.23. The van der Waals surface area contributed by atoms with Crippen LogP contribution in [0.5, 0.6) is 0 Å². The van der Waals surface area contributed by atoms with Crippen molar-refractivity contribution in [2.24, 2.45) is 0 Å². The lowest BCUT2D eigenvalue weighted by atomic mass is 10.3. The maximum atomic E-state index is 11.6. The highest BCUT2D eigenvalue weighted by Crippen LogP contribution is 2.29. The Morgan fingerprint density at radius 1 is 1.45 bits per heavy atom. The van der Waals surface area contributed by atoms with Crippen LogP contribution in [-0.4, -0.2) is 24.1 Å².